The molecule has 1 aromatic heterocycles. The van der Waals surface area contributed by atoms with Crippen molar-refractivity contribution in [3.63, 3.8) is 0 Å². The van der Waals surface area contributed by atoms with Crippen LogP contribution in [0.3, 0.4) is 0 Å². The Morgan fingerprint density at radius 1 is 1.21 bits per heavy atom. The van der Waals surface area contributed by atoms with Gasteiger partial charge in [0.15, 0.2) is 5.75 Å². The number of para-hydroxylation sites is 2. The normalized spacial score (nSPS) is 15.0. The van der Waals surface area contributed by atoms with Crippen molar-refractivity contribution in [3.05, 3.63) is 52.6 Å². The second-order valence-corrected chi connectivity index (χ2v) is 6.70. The lowest BCUT2D eigenvalue weighted by atomic mass is 10.2. The van der Waals surface area contributed by atoms with Crippen LogP contribution in [0.2, 0.25) is 0 Å². The second kappa shape index (κ2) is 8.37. The molecule has 1 saturated heterocycles. The zero-order valence-electron chi connectivity index (χ0n) is 15.5. The van der Waals surface area contributed by atoms with Gasteiger partial charge < -0.3 is 14.5 Å². The number of ether oxygens (including phenoxy) is 2. The number of morpholine rings is 1. The van der Waals surface area contributed by atoms with Crippen molar-refractivity contribution < 1.29 is 14.4 Å². The van der Waals surface area contributed by atoms with Gasteiger partial charge in [-0.1, -0.05) is 12.1 Å². The van der Waals surface area contributed by atoms with Crippen LogP contribution in [0.1, 0.15) is 6.42 Å². The van der Waals surface area contributed by atoms with Crippen molar-refractivity contribution in [3.8, 4) is 17.1 Å². The Morgan fingerprint density at radius 3 is 2.82 bits per heavy atom. The van der Waals surface area contributed by atoms with Crippen LogP contribution in [0.15, 0.2) is 42.5 Å². The maximum Gasteiger partial charge on any atom is 0.311 e. The highest BCUT2D eigenvalue weighted by molar-refractivity contribution is 5.79. The van der Waals surface area contributed by atoms with Gasteiger partial charge in [-0.05, 0) is 30.7 Å². The SMILES string of the molecule is O=[N+]([O-])c1cc(-c2nc3ccccc3[nH]2)ccc1OCCCN1CCOCC1. The van der Waals surface area contributed by atoms with E-state index in [9.17, 15) is 10.1 Å². The number of fused-ring (bicyclic) bond motifs is 1. The molecule has 1 N–H and O–H groups in total. The molecule has 0 amide bonds. The third-order valence-corrected chi connectivity index (χ3v) is 4.80. The van der Waals surface area contributed by atoms with Crippen LogP contribution in [-0.4, -0.2) is 59.2 Å². The third kappa shape index (κ3) is 4.13. The lowest BCUT2D eigenvalue weighted by molar-refractivity contribution is -0.385. The van der Waals surface area contributed by atoms with Gasteiger partial charge in [0.1, 0.15) is 5.82 Å². The number of nitro benzene ring substituents is 1. The number of nitro groups is 1. The molecule has 1 aliphatic rings. The van der Waals surface area contributed by atoms with Crippen molar-refractivity contribution >= 4 is 16.7 Å². The third-order valence-electron chi connectivity index (χ3n) is 4.80. The summed E-state index contributed by atoms with van der Waals surface area (Å²) in [6.07, 6.45) is 0.808. The minimum Gasteiger partial charge on any atom is -0.487 e. The van der Waals surface area contributed by atoms with Crippen LogP contribution >= 0.6 is 0 Å². The van der Waals surface area contributed by atoms with Gasteiger partial charge in [0, 0.05) is 31.3 Å². The molecular formula is C20H22N4O4. The van der Waals surface area contributed by atoms with Crippen LogP contribution < -0.4 is 4.74 Å². The quantitative estimate of drug-likeness (QED) is 0.383. The summed E-state index contributed by atoms with van der Waals surface area (Å²) in [5.74, 6) is 0.884. The standard InChI is InChI=1S/C20H22N4O4/c25-24(26)18-14-15(20-21-16-4-1-2-5-17(16)22-20)6-7-19(18)28-11-3-8-23-9-12-27-13-10-23/h1-2,4-7,14H,3,8-13H2,(H,21,22). The van der Waals surface area contributed by atoms with Crippen molar-refractivity contribution in [2.75, 3.05) is 39.5 Å². The number of imidazole rings is 1. The fourth-order valence-electron chi connectivity index (χ4n) is 3.31. The van der Waals surface area contributed by atoms with Gasteiger partial charge in [-0.25, -0.2) is 4.98 Å². The molecule has 0 aliphatic carbocycles. The summed E-state index contributed by atoms with van der Waals surface area (Å²) in [5, 5.41) is 11.5. The molecule has 1 fully saturated rings. The van der Waals surface area contributed by atoms with Crippen molar-refractivity contribution in [1.82, 2.24) is 14.9 Å². The maximum atomic E-state index is 11.5. The van der Waals surface area contributed by atoms with Gasteiger partial charge in [0.25, 0.3) is 0 Å². The van der Waals surface area contributed by atoms with E-state index in [-0.39, 0.29) is 11.4 Å². The van der Waals surface area contributed by atoms with E-state index in [2.05, 4.69) is 14.9 Å². The maximum absolute atomic E-state index is 11.5. The van der Waals surface area contributed by atoms with Gasteiger partial charge in [0.05, 0.1) is 35.8 Å². The Labute approximate surface area is 162 Å². The smallest absolute Gasteiger partial charge is 0.311 e. The number of aromatic nitrogens is 2. The first-order valence-corrected chi connectivity index (χ1v) is 9.37. The largest absolute Gasteiger partial charge is 0.487 e. The molecule has 4 rings (SSSR count). The van der Waals surface area contributed by atoms with Crippen LogP contribution in [-0.2, 0) is 4.74 Å². The van der Waals surface area contributed by atoms with E-state index in [1.807, 2.05) is 24.3 Å². The topological polar surface area (TPSA) is 93.5 Å². The van der Waals surface area contributed by atoms with Crippen molar-refractivity contribution in [2.45, 2.75) is 6.42 Å². The monoisotopic (exact) mass is 382 g/mol. The van der Waals surface area contributed by atoms with Crippen LogP contribution in [0.4, 0.5) is 5.69 Å². The van der Waals surface area contributed by atoms with E-state index in [4.69, 9.17) is 9.47 Å². The molecule has 0 spiro atoms. The van der Waals surface area contributed by atoms with Gasteiger partial charge >= 0.3 is 5.69 Å². The van der Waals surface area contributed by atoms with E-state index in [1.165, 1.54) is 6.07 Å². The Kier molecular flexibility index (Phi) is 5.50. The summed E-state index contributed by atoms with van der Waals surface area (Å²) in [4.78, 5) is 21.1. The van der Waals surface area contributed by atoms with Gasteiger partial charge in [0.2, 0.25) is 0 Å². The van der Waals surface area contributed by atoms with E-state index in [1.54, 1.807) is 12.1 Å². The number of H-pyrrole nitrogens is 1. The molecule has 28 heavy (non-hydrogen) atoms. The molecule has 2 aromatic carbocycles. The summed E-state index contributed by atoms with van der Waals surface area (Å²) in [6, 6.07) is 12.6. The van der Waals surface area contributed by atoms with Gasteiger partial charge in [-0.15, -0.1) is 0 Å². The lowest BCUT2D eigenvalue weighted by Crippen LogP contribution is -2.37. The van der Waals surface area contributed by atoms with Crippen LogP contribution in [0.25, 0.3) is 22.4 Å². The number of rotatable bonds is 7. The molecule has 0 saturated carbocycles. The van der Waals surface area contributed by atoms with Gasteiger partial charge in [-0.2, -0.15) is 0 Å². The Hall–Kier alpha value is -2.97. The summed E-state index contributed by atoms with van der Waals surface area (Å²) in [7, 11) is 0. The molecule has 3 aromatic rings. The molecule has 8 heteroatoms. The first-order valence-electron chi connectivity index (χ1n) is 9.37. The molecule has 0 bridgehead atoms. The van der Waals surface area contributed by atoms with Crippen molar-refractivity contribution in [1.29, 1.82) is 0 Å². The Morgan fingerprint density at radius 2 is 2.04 bits per heavy atom. The fourth-order valence-corrected chi connectivity index (χ4v) is 3.31. The molecule has 1 aliphatic heterocycles. The van der Waals surface area contributed by atoms with Crippen LogP contribution in [0, 0.1) is 10.1 Å². The molecule has 8 nitrogen and oxygen atoms in total. The van der Waals surface area contributed by atoms with Crippen molar-refractivity contribution in [2.24, 2.45) is 0 Å². The Balaban J connectivity index is 1.45. The number of benzene rings is 2. The number of hydrogen-bond donors (Lipinski definition) is 1. The first-order chi connectivity index (χ1) is 13.7. The average Bonchev–Trinajstić information content (AvgIpc) is 3.16. The Bertz CT molecular complexity index is 933. The summed E-state index contributed by atoms with van der Waals surface area (Å²) >= 11 is 0. The zero-order chi connectivity index (χ0) is 19.3. The molecule has 0 unspecified atom stereocenters. The highest BCUT2D eigenvalue weighted by Gasteiger charge is 2.18. The molecule has 0 radical (unpaired) electrons. The summed E-state index contributed by atoms with van der Waals surface area (Å²) in [5.41, 5.74) is 2.32. The first kappa shape index (κ1) is 18.4. The minimum atomic E-state index is -0.413. The molecule has 146 valence electrons. The molecular weight excluding hydrogens is 360 g/mol. The average molecular weight is 382 g/mol. The number of aromatic amines is 1. The highest BCUT2D eigenvalue weighted by Crippen LogP contribution is 2.32. The number of nitrogens with one attached hydrogen (secondary N) is 1. The highest BCUT2D eigenvalue weighted by atomic mass is 16.6. The minimum absolute atomic E-state index is 0.0515. The predicted octanol–water partition coefficient (Wildman–Crippen LogP) is 3.24. The van der Waals surface area contributed by atoms with E-state index < -0.39 is 4.92 Å². The van der Waals surface area contributed by atoms with Gasteiger partial charge in [-0.3, -0.25) is 15.0 Å². The molecule has 2 heterocycles. The predicted molar refractivity (Wildman–Crippen MR) is 106 cm³/mol. The fraction of sp³-hybridized carbons (Fsp3) is 0.350. The van der Waals surface area contributed by atoms with Crippen LogP contribution in [0.5, 0.6) is 5.75 Å². The number of nitrogens with zero attached hydrogens (tertiary/aromatic N) is 3. The second-order valence-electron chi connectivity index (χ2n) is 6.70. The lowest BCUT2D eigenvalue weighted by Gasteiger charge is -2.26. The van der Waals surface area contributed by atoms with E-state index >= 15 is 0 Å². The summed E-state index contributed by atoms with van der Waals surface area (Å²) in [6.45, 7) is 4.69. The zero-order valence-corrected chi connectivity index (χ0v) is 15.5. The summed E-state index contributed by atoms with van der Waals surface area (Å²) < 4.78 is 11.0. The molecule has 0 atom stereocenters. The van der Waals surface area contributed by atoms with E-state index in [0.29, 0.717) is 18.0 Å². The number of hydrogen-bond acceptors (Lipinski definition) is 6. The van der Waals surface area contributed by atoms with E-state index in [0.717, 1.165) is 50.3 Å².